The summed E-state index contributed by atoms with van der Waals surface area (Å²) >= 11 is 6.21. The van der Waals surface area contributed by atoms with Crippen molar-refractivity contribution < 1.29 is 24.1 Å². The predicted molar refractivity (Wildman–Crippen MR) is 108 cm³/mol. The number of rotatable bonds is 6. The summed E-state index contributed by atoms with van der Waals surface area (Å²) in [6.07, 6.45) is -0.546. The summed E-state index contributed by atoms with van der Waals surface area (Å²) in [5.41, 5.74) is 2.22. The SMILES string of the molecule is COc1ccc([C@@H]2[C@@H](CO)OCCN2C(=O)Cn2nc(C)c(Cl)c2C)cc1OC. The Hall–Kier alpha value is -2.29. The van der Waals surface area contributed by atoms with E-state index in [0.717, 1.165) is 11.3 Å². The van der Waals surface area contributed by atoms with Crippen LogP contribution in [0.3, 0.4) is 0 Å². The first kappa shape index (κ1) is 21.4. The average molecular weight is 424 g/mol. The maximum absolute atomic E-state index is 13.2. The average Bonchev–Trinajstić information content (AvgIpc) is 2.98. The van der Waals surface area contributed by atoms with Crippen LogP contribution in [0.2, 0.25) is 5.02 Å². The molecule has 1 saturated heterocycles. The van der Waals surface area contributed by atoms with Crippen molar-refractivity contribution in [3.05, 3.63) is 40.2 Å². The van der Waals surface area contributed by atoms with Gasteiger partial charge in [-0.1, -0.05) is 17.7 Å². The van der Waals surface area contributed by atoms with Crippen LogP contribution >= 0.6 is 11.6 Å². The Labute approximate surface area is 174 Å². The van der Waals surface area contributed by atoms with Gasteiger partial charge in [-0.2, -0.15) is 5.10 Å². The summed E-state index contributed by atoms with van der Waals surface area (Å²) < 4.78 is 18.0. The fourth-order valence-electron chi connectivity index (χ4n) is 3.65. The normalized spacial score (nSPS) is 19.3. The summed E-state index contributed by atoms with van der Waals surface area (Å²) in [6.45, 7) is 4.23. The van der Waals surface area contributed by atoms with Gasteiger partial charge in [-0.3, -0.25) is 9.48 Å². The lowest BCUT2D eigenvalue weighted by molar-refractivity contribution is -0.150. The molecule has 1 fully saturated rings. The van der Waals surface area contributed by atoms with Gasteiger partial charge >= 0.3 is 0 Å². The highest BCUT2D eigenvalue weighted by atomic mass is 35.5. The van der Waals surface area contributed by atoms with Gasteiger partial charge in [0.15, 0.2) is 11.5 Å². The lowest BCUT2D eigenvalue weighted by Gasteiger charge is -2.41. The van der Waals surface area contributed by atoms with Crippen molar-refractivity contribution in [2.24, 2.45) is 0 Å². The fourth-order valence-corrected chi connectivity index (χ4v) is 3.78. The third-order valence-electron chi connectivity index (χ3n) is 5.18. The summed E-state index contributed by atoms with van der Waals surface area (Å²) in [4.78, 5) is 14.9. The number of benzene rings is 1. The summed E-state index contributed by atoms with van der Waals surface area (Å²) in [7, 11) is 3.12. The number of nitrogens with zero attached hydrogens (tertiary/aromatic N) is 3. The Kier molecular flexibility index (Phi) is 6.66. The van der Waals surface area contributed by atoms with Gasteiger partial charge in [0.05, 0.1) is 49.9 Å². The zero-order chi connectivity index (χ0) is 21.1. The fraction of sp³-hybridized carbons (Fsp3) is 0.500. The number of aliphatic hydroxyl groups is 1. The number of carbonyl (C=O) groups excluding carboxylic acids is 1. The smallest absolute Gasteiger partial charge is 0.245 e. The lowest BCUT2D eigenvalue weighted by Crippen LogP contribution is -2.50. The number of aliphatic hydroxyl groups excluding tert-OH is 1. The number of hydrogen-bond acceptors (Lipinski definition) is 6. The summed E-state index contributed by atoms with van der Waals surface area (Å²) in [5, 5.41) is 14.8. The van der Waals surface area contributed by atoms with Crippen LogP contribution in [-0.4, -0.2) is 65.8 Å². The number of amides is 1. The van der Waals surface area contributed by atoms with E-state index in [1.54, 1.807) is 42.9 Å². The van der Waals surface area contributed by atoms with Gasteiger partial charge in [0.25, 0.3) is 0 Å². The minimum atomic E-state index is -0.546. The van der Waals surface area contributed by atoms with Crippen molar-refractivity contribution in [3.63, 3.8) is 0 Å². The van der Waals surface area contributed by atoms with Crippen LogP contribution in [0, 0.1) is 13.8 Å². The molecule has 1 aromatic carbocycles. The lowest BCUT2D eigenvalue weighted by atomic mass is 9.97. The Bertz CT molecular complexity index is 885. The van der Waals surface area contributed by atoms with Gasteiger partial charge in [-0.25, -0.2) is 0 Å². The molecule has 29 heavy (non-hydrogen) atoms. The molecule has 1 amide bonds. The molecule has 0 saturated carbocycles. The maximum Gasteiger partial charge on any atom is 0.245 e. The molecule has 0 radical (unpaired) electrons. The van der Waals surface area contributed by atoms with E-state index in [1.807, 2.05) is 13.0 Å². The molecule has 9 heteroatoms. The van der Waals surface area contributed by atoms with Crippen LogP contribution in [0.25, 0.3) is 0 Å². The summed E-state index contributed by atoms with van der Waals surface area (Å²) in [5.74, 6) is 1.00. The number of carbonyl (C=O) groups is 1. The summed E-state index contributed by atoms with van der Waals surface area (Å²) in [6, 6.07) is 4.97. The molecule has 8 nitrogen and oxygen atoms in total. The van der Waals surface area contributed by atoms with Crippen LogP contribution in [0.15, 0.2) is 18.2 Å². The first-order valence-corrected chi connectivity index (χ1v) is 9.72. The Morgan fingerprint density at radius 2 is 2.03 bits per heavy atom. The monoisotopic (exact) mass is 423 g/mol. The van der Waals surface area contributed by atoms with E-state index >= 15 is 0 Å². The van der Waals surface area contributed by atoms with E-state index in [4.69, 9.17) is 25.8 Å². The molecular formula is C20H26ClN3O5. The molecule has 2 aromatic rings. The molecule has 158 valence electrons. The molecule has 1 aliphatic rings. The third kappa shape index (κ3) is 4.19. The number of methoxy groups -OCH3 is 2. The van der Waals surface area contributed by atoms with Gasteiger partial charge in [-0.15, -0.1) is 0 Å². The highest BCUT2D eigenvalue weighted by Gasteiger charge is 2.36. The van der Waals surface area contributed by atoms with E-state index in [-0.39, 0.29) is 19.1 Å². The first-order chi connectivity index (χ1) is 13.9. The van der Waals surface area contributed by atoms with Crippen molar-refractivity contribution in [2.75, 3.05) is 34.0 Å². The molecule has 1 N–H and O–H groups in total. The minimum Gasteiger partial charge on any atom is -0.493 e. The number of aryl methyl sites for hydroxylation is 1. The van der Waals surface area contributed by atoms with Crippen molar-refractivity contribution in [3.8, 4) is 11.5 Å². The van der Waals surface area contributed by atoms with Crippen LogP contribution < -0.4 is 9.47 Å². The van der Waals surface area contributed by atoms with Crippen molar-refractivity contribution in [1.82, 2.24) is 14.7 Å². The van der Waals surface area contributed by atoms with Crippen LogP contribution in [0.1, 0.15) is 23.0 Å². The quantitative estimate of drug-likeness (QED) is 0.766. The molecule has 2 atom stereocenters. The highest BCUT2D eigenvalue weighted by Crippen LogP contribution is 2.36. The molecule has 0 unspecified atom stereocenters. The van der Waals surface area contributed by atoms with Gasteiger partial charge in [0, 0.05) is 6.54 Å². The molecular weight excluding hydrogens is 398 g/mol. The van der Waals surface area contributed by atoms with Crippen LogP contribution in [-0.2, 0) is 16.1 Å². The van der Waals surface area contributed by atoms with E-state index in [0.29, 0.717) is 35.4 Å². The Morgan fingerprint density at radius 3 is 2.62 bits per heavy atom. The molecule has 2 heterocycles. The molecule has 0 spiro atoms. The first-order valence-electron chi connectivity index (χ1n) is 9.34. The van der Waals surface area contributed by atoms with Gasteiger partial charge in [-0.05, 0) is 31.5 Å². The molecule has 0 bridgehead atoms. The zero-order valence-electron chi connectivity index (χ0n) is 17.0. The zero-order valence-corrected chi connectivity index (χ0v) is 17.8. The van der Waals surface area contributed by atoms with E-state index in [1.165, 1.54) is 0 Å². The van der Waals surface area contributed by atoms with E-state index in [2.05, 4.69) is 5.10 Å². The van der Waals surface area contributed by atoms with E-state index < -0.39 is 12.1 Å². The highest BCUT2D eigenvalue weighted by molar-refractivity contribution is 6.31. The number of hydrogen-bond donors (Lipinski definition) is 1. The number of morpholine rings is 1. The Balaban J connectivity index is 1.93. The second-order valence-electron chi connectivity index (χ2n) is 6.88. The predicted octanol–water partition coefficient (Wildman–Crippen LogP) is 2.13. The second-order valence-corrected chi connectivity index (χ2v) is 7.26. The van der Waals surface area contributed by atoms with Crippen molar-refractivity contribution in [2.45, 2.75) is 32.5 Å². The minimum absolute atomic E-state index is 0.0569. The Morgan fingerprint density at radius 1 is 1.31 bits per heavy atom. The van der Waals surface area contributed by atoms with Gasteiger partial charge < -0.3 is 24.2 Å². The van der Waals surface area contributed by atoms with Crippen molar-refractivity contribution >= 4 is 17.5 Å². The van der Waals surface area contributed by atoms with E-state index in [9.17, 15) is 9.90 Å². The maximum atomic E-state index is 13.2. The number of ether oxygens (including phenoxy) is 3. The second kappa shape index (κ2) is 9.02. The molecule has 3 rings (SSSR count). The molecule has 0 aliphatic carbocycles. The van der Waals surface area contributed by atoms with Gasteiger partial charge in [0.1, 0.15) is 12.6 Å². The van der Waals surface area contributed by atoms with Gasteiger partial charge in [0.2, 0.25) is 5.91 Å². The topological polar surface area (TPSA) is 86.0 Å². The largest absolute Gasteiger partial charge is 0.493 e. The number of aromatic nitrogens is 2. The van der Waals surface area contributed by atoms with Crippen molar-refractivity contribution in [1.29, 1.82) is 0 Å². The number of halogens is 1. The standard InChI is InChI=1S/C20H26ClN3O5/c1-12-19(21)13(2)24(22-12)10-18(26)23-7-8-29-17(11-25)20(23)14-5-6-15(27-3)16(9-14)28-4/h5-6,9,17,20,25H,7-8,10-11H2,1-4H3/t17-,20-/m1/s1. The molecule has 1 aliphatic heterocycles. The third-order valence-corrected chi connectivity index (χ3v) is 5.73. The van der Waals surface area contributed by atoms with Crippen LogP contribution in [0.5, 0.6) is 11.5 Å². The van der Waals surface area contributed by atoms with Crippen LogP contribution in [0.4, 0.5) is 0 Å². The molecule has 1 aromatic heterocycles.